The number of halogens is 1. The second-order valence-corrected chi connectivity index (χ2v) is 4.29. The van der Waals surface area contributed by atoms with E-state index in [0.717, 1.165) is 5.56 Å². The van der Waals surface area contributed by atoms with Gasteiger partial charge in [-0.3, -0.25) is 4.79 Å². The van der Waals surface area contributed by atoms with E-state index in [9.17, 15) is 9.18 Å². The summed E-state index contributed by atoms with van der Waals surface area (Å²) in [7, 11) is 0. The topological polar surface area (TPSA) is 55.6 Å². The van der Waals surface area contributed by atoms with Crippen LogP contribution in [0.1, 0.15) is 18.1 Å². The third-order valence-corrected chi connectivity index (χ3v) is 3.00. The zero-order chi connectivity index (χ0) is 13.0. The Labute approximate surface area is 106 Å². The number of amides is 1. The lowest BCUT2D eigenvalue weighted by Crippen LogP contribution is -2.42. The molecule has 1 aromatic carbocycles. The number of nitrogens with zero attached hydrogens (tertiary/aromatic N) is 1. The Morgan fingerprint density at radius 3 is 3.11 bits per heavy atom. The molecule has 1 amide bonds. The molecule has 1 aromatic rings. The van der Waals surface area contributed by atoms with Gasteiger partial charge in [-0.15, -0.1) is 0 Å². The molecule has 1 aliphatic rings. The maximum atomic E-state index is 13.1. The van der Waals surface area contributed by atoms with Crippen LogP contribution in [0.25, 0.3) is 0 Å². The Morgan fingerprint density at radius 2 is 2.39 bits per heavy atom. The number of benzene rings is 1. The molecule has 1 aliphatic heterocycles. The Balaban J connectivity index is 2.04. The molecule has 1 unspecified atom stereocenters. The Hall–Kier alpha value is -1.46. The second-order valence-electron chi connectivity index (χ2n) is 4.29. The number of carbonyl (C=O) groups is 1. The fourth-order valence-corrected chi connectivity index (χ4v) is 2.07. The quantitative estimate of drug-likeness (QED) is 0.875. The van der Waals surface area contributed by atoms with Crippen molar-refractivity contribution in [1.29, 1.82) is 0 Å². The van der Waals surface area contributed by atoms with Crippen LogP contribution < -0.4 is 5.73 Å². The third-order valence-electron chi connectivity index (χ3n) is 3.00. The number of morpholine rings is 1. The van der Waals surface area contributed by atoms with Crippen LogP contribution in [-0.4, -0.2) is 37.0 Å². The zero-order valence-corrected chi connectivity index (χ0v) is 10.1. The summed E-state index contributed by atoms with van der Waals surface area (Å²) < 4.78 is 18.7. The van der Waals surface area contributed by atoms with Crippen LogP contribution in [0.2, 0.25) is 0 Å². The Morgan fingerprint density at radius 1 is 1.56 bits per heavy atom. The molecule has 5 heteroatoms. The van der Waals surface area contributed by atoms with Crippen LogP contribution >= 0.6 is 0 Å². The average molecular weight is 252 g/mol. The van der Waals surface area contributed by atoms with Crippen molar-refractivity contribution in [2.45, 2.75) is 12.5 Å². The number of hydrogen-bond donors (Lipinski definition) is 1. The number of rotatable bonds is 3. The van der Waals surface area contributed by atoms with Gasteiger partial charge in [0.15, 0.2) is 0 Å². The van der Waals surface area contributed by atoms with Gasteiger partial charge in [-0.1, -0.05) is 12.1 Å². The third kappa shape index (κ3) is 3.05. The maximum Gasteiger partial charge on any atom is 0.224 e. The van der Waals surface area contributed by atoms with Crippen molar-refractivity contribution in [3.05, 3.63) is 35.6 Å². The van der Waals surface area contributed by atoms with Gasteiger partial charge in [0.2, 0.25) is 5.91 Å². The molecule has 1 atom stereocenters. The first kappa shape index (κ1) is 13.0. The SMILES string of the molecule is NCCC(=O)N1CCOC(c2cccc(F)c2)C1. The highest BCUT2D eigenvalue weighted by atomic mass is 19.1. The van der Waals surface area contributed by atoms with Crippen LogP contribution in [0, 0.1) is 5.82 Å². The van der Waals surface area contributed by atoms with E-state index in [2.05, 4.69) is 0 Å². The van der Waals surface area contributed by atoms with Crippen molar-refractivity contribution in [3.63, 3.8) is 0 Å². The van der Waals surface area contributed by atoms with E-state index in [1.807, 2.05) is 6.07 Å². The van der Waals surface area contributed by atoms with E-state index in [1.54, 1.807) is 11.0 Å². The van der Waals surface area contributed by atoms with Gasteiger partial charge in [0.05, 0.1) is 13.2 Å². The molecule has 2 rings (SSSR count). The van der Waals surface area contributed by atoms with Gasteiger partial charge in [-0.2, -0.15) is 0 Å². The monoisotopic (exact) mass is 252 g/mol. The van der Waals surface area contributed by atoms with Gasteiger partial charge >= 0.3 is 0 Å². The Kier molecular flexibility index (Phi) is 4.28. The van der Waals surface area contributed by atoms with E-state index >= 15 is 0 Å². The first-order valence-electron chi connectivity index (χ1n) is 6.05. The molecule has 0 radical (unpaired) electrons. The summed E-state index contributed by atoms with van der Waals surface area (Å²) in [5.41, 5.74) is 6.14. The van der Waals surface area contributed by atoms with Crippen LogP contribution in [0.5, 0.6) is 0 Å². The average Bonchev–Trinajstić information content (AvgIpc) is 2.39. The van der Waals surface area contributed by atoms with Crippen LogP contribution in [0.3, 0.4) is 0 Å². The van der Waals surface area contributed by atoms with Crippen LogP contribution in [0.15, 0.2) is 24.3 Å². The lowest BCUT2D eigenvalue weighted by atomic mass is 10.1. The molecule has 2 N–H and O–H groups in total. The number of nitrogens with two attached hydrogens (primary N) is 1. The Bertz CT molecular complexity index is 425. The zero-order valence-electron chi connectivity index (χ0n) is 10.1. The molecule has 0 aliphatic carbocycles. The highest BCUT2D eigenvalue weighted by Crippen LogP contribution is 2.23. The first-order valence-corrected chi connectivity index (χ1v) is 6.05. The van der Waals surface area contributed by atoms with Crippen molar-refractivity contribution in [1.82, 2.24) is 4.90 Å². The largest absolute Gasteiger partial charge is 0.370 e. The molecule has 0 saturated carbocycles. The van der Waals surface area contributed by atoms with Crippen LogP contribution in [-0.2, 0) is 9.53 Å². The molecular weight excluding hydrogens is 235 g/mol. The van der Waals surface area contributed by atoms with E-state index < -0.39 is 0 Å². The minimum Gasteiger partial charge on any atom is -0.370 e. The summed E-state index contributed by atoms with van der Waals surface area (Å²) in [5, 5.41) is 0. The summed E-state index contributed by atoms with van der Waals surface area (Å²) in [6.07, 6.45) is 0.0896. The van der Waals surface area contributed by atoms with Gasteiger partial charge in [0.25, 0.3) is 0 Å². The van der Waals surface area contributed by atoms with Crippen molar-refractivity contribution in [2.24, 2.45) is 5.73 Å². The minimum absolute atomic E-state index is 0.0298. The predicted octanol–water partition coefficient (Wildman–Crippen LogP) is 1.07. The van der Waals surface area contributed by atoms with Gasteiger partial charge in [0.1, 0.15) is 11.9 Å². The second kappa shape index (κ2) is 5.93. The molecule has 1 heterocycles. The smallest absolute Gasteiger partial charge is 0.224 e. The summed E-state index contributed by atoms with van der Waals surface area (Å²) in [4.78, 5) is 13.5. The molecule has 0 spiro atoms. The molecule has 0 bridgehead atoms. The van der Waals surface area contributed by atoms with Crippen LogP contribution in [0.4, 0.5) is 4.39 Å². The predicted molar refractivity (Wildman–Crippen MR) is 65.3 cm³/mol. The molecule has 4 nitrogen and oxygen atoms in total. The lowest BCUT2D eigenvalue weighted by molar-refractivity contribution is -0.138. The summed E-state index contributed by atoms with van der Waals surface area (Å²) in [5.74, 6) is -0.260. The normalized spacial score (nSPS) is 19.9. The standard InChI is InChI=1S/C13H17FN2O2/c14-11-3-1-2-10(8-11)12-9-16(6-7-18-12)13(17)4-5-15/h1-3,8,12H,4-7,9,15H2. The first-order chi connectivity index (χ1) is 8.70. The number of carbonyl (C=O) groups excluding carboxylic acids is 1. The number of hydrogen-bond acceptors (Lipinski definition) is 3. The molecular formula is C13H17FN2O2. The maximum absolute atomic E-state index is 13.1. The number of ether oxygens (including phenoxy) is 1. The molecule has 18 heavy (non-hydrogen) atoms. The molecule has 0 aromatic heterocycles. The summed E-state index contributed by atoms with van der Waals surface area (Å²) >= 11 is 0. The summed E-state index contributed by atoms with van der Waals surface area (Å²) in [6.45, 7) is 1.85. The fourth-order valence-electron chi connectivity index (χ4n) is 2.07. The van der Waals surface area contributed by atoms with Crippen molar-refractivity contribution in [3.8, 4) is 0 Å². The lowest BCUT2D eigenvalue weighted by Gasteiger charge is -2.33. The molecule has 1 saturated heterocycles. The summed E-state index contributed by atoms with van der Waals surface area (Å²) in [6, 6.07) is 6.30. The van der Waals surface area contributed by atoms with E-state index in [1.165, 1.54) is 12.1 Å². The van der Waals surface area contributed by atoms with E-state index in [-0.39, 0.29) is 17.8 Å². The van der Waals surface area contributed by atoms with Gasteiger partial charge in [-0.05, 0) is 17.7 Å². The van der Waals surface area contributed by atoms with E-state index in [0.29, 0.717) is 32.7 Å². The fraction of sp³-hybridized carbons (Fsp3) is 0.462. The van der Waals surface area contributed by atoms with Gasteiger partial charge < -0.3 is 15.4 Å². The minimum atomic E-state index is -0.290. The molecule has 98 valence electrons. The van der Waals surface area contributed by atoms with Crippen molar-refractivity contribution in [2.75, 3.05) is 26.2 Å². The van der Waals surface area contributed by atoms with Gasteiger partial charge in [0, 0.05) is 19.5 Å². The molecule has 1 fully saturated rings. The van der Waals surface area contributed by atoms with Crippen molar-refractivity contribution < 1.29 is 13.9 Å². The van der Waals surface area contributed by atoms with Crippen molar-refractivity contribution >= 4 is 5.91 Å². The van der Waals surface area contributed by atoms with Gasteiger partial charge in [-0.25, -0.2) is 4.39 Å². The van der Waals surface area contributed by atoms with E-state index in [4.69, 9.17) is 10.5 Å². The highest BCUT2D eigenvalue weighted by Gasteiger charge is 2.24. The highest BCUT2D eigenvalue weighted by molar-refractivity contribution is 5.76.